The molecule has 0 radical (unpaired) electrons. The van der Waals surface area contributed by atoms with Crippen LogP contribution in [-0.2, 0) is 13.1 Å². The van der Waals surface area contributed by atoms with Crippen LogP contribution in [0.3, 0.4) is 0 Å². The molecule has 2 heterocycles. The molecule has 0 saturated carbocycles. The number of nitrogens with one attached hydrogen (secondary N) is 1. The van der Waals surface area contributed by atoms with Crippen molar-refractivity contribution in [1.82, 2.24) is 14.9 Å². The Bertz CT molecular complexity index is 295. The summed E-state index contributed by atoms with van der Waals surface area (Å²) < 4.78 is 1.87. The van der Waals surface area contributed by atoms with E-state index in [1.54, 1.807) is 6.20 Å². The Labute approximate surface area is 69.0 Å². The highest BCUT2D eigenvalue weighted by Crippen LogP contribution is 2.06. The number of hydrogen-bond acceptors (Lipinski definition) is 3. The number of rotatable bonds is 1. The van der Waals surface area contributed by atoms with Crippen molar-refractivity contribution in [3.8, 4) is 0 Å². The molecule has 0 bridgehead atoms. The predicted octanol–water partition coefficient (Wildman–Crippen LogP) is -0.316. The van der Waals surface area contributed by atoms with E-state index in [2.05, 4.69) is 10.3 Å². The van der Waals surface area contributed by atoms with Crippen molar-refractivity contribution in [3.63, 3.8) is 0 Å². The average molecular weight is 167 g/mol. The maximum Gasteiger partial charge on any atom is 0.356 e. The summed E-state index contributed by atoms with van der Waals surface area (Å²) >= 11 is 0. The monoisotopic (exact) mass is 167 g/mol. The highest BCUT2D eigenvalue weighted by Gasteiger charge is 2.14. The molecule has 0 spiro atoms. The van der Waals surface area contributed by atoms with Crippen molar-refractivity contribution in [2.45, 2.75) is 13.1 Å². The van der Waals surface area contributed by atoms with Crippen molar-refractivity contribution in [2.75, 3.05) is 6.54 Å². The van der Waals surface area contributed by atoms with E-state index in [1.165, 1.54) is 0 Å². The van der Waals surface area contributed by atoms with Crippen LogP contribution in [0.4, 0.5) is 0 Å². The lowest BCUT2D eigenvalue weighted by molar-refractivity contribution is 0.0691. The molecule has 1 aliphatic rings. The highest BCUT2D eigenvalue weighted by atomic mass is 16.4. The van der Waals surface area contributed by atoms with Gasteiger partial charge in [0.25, 0.3) is 0 Å². The Hall–Kier alpha value is -1.36. The topological polar surface area (TPSA) is 67.1 Å². The first-order valence-electron chi connectivity index (χ1n) is 3.77. The average Bonchev–Trinajstić information content (AvgIpc) is 2.46. The van der Waals surface area contributed by atoms with Crippen LogP contribution in [0, 0.1) is 0 Å². The van der Waals surface area contributed by atoms with E-state index < -0.39 is 5.97 Å². The molecule has 0 unspecified atom stereocenters. The van der Waals surface area contributed by atoms with Gasteiger partial charge in [-0.05, 0) is 0 Å². The van der Waals surface area contributed by atoms with E-state index in [9.17, 15) is 4.79 Å². The Morgan fingerprint density at radius 2 is 2.58 bits per heavy atom. The fourth-order valence-electron chi connectivity index (χ4n) is 1.29. The van der Waals surface area contributed by atoms with Gasteiger partial charge in [0.15, 0.2) is 5.69 Å². The lowest BCUT2D eigenvalue weighted by Crippen LogP contribution is -2.27. The third-order valence-corrected chi connectivity index (χ3v) is 1.89. The van der Waals surface area contributed by atoms with Crippen LogP contribution in [0.15, 0.2) is 6.20 Å². The van der Waals surface area contributed by atoms with E-state index in [1.807, 2.05) is 4.57 Å². The highest BCUT2D eigenvalue weighted by molar-refractivity contribution is 5.85. The second-order valence-corrected chi connectivity index (χ2v) is 2.72. The molecule has 12 heavy (non-hydrogen) atoms. The number of hydrogen-bond donors (Lipinski definition) is 2. The third-order valence-electron chi connectivity index (χ3n) is 1.89. The summed E-state index contributed by atoms with van der Waals surface area (Å²) in [5.74, 6) is -0.157. The van der Waals surface area contributed by atoms with Gasteiger partial charge in [-0.25, -0.2) is 9.78 Å². The van der Waals surface area contributed by atoms with Gasteiger partial charge in [-0.1, -0.05) is 0 Å². The first kappa shape index (κ1) is 7.30. The number of fused-ring (bicyclic) bond motifs is 1. The van der Waals surface area contributed by atoms with Gasteiger partial charge in [-0.3, -0.25) is 0 Å². The summed E-state index contributed by atoms with van der Waals surface area (Å²) in [4.78, 5) is 14.5. The number of aromatic carboxylic acids is 1. The van der Waals surface area contributed by atoms with Gasteiger partial charge in [0, 0.05) is 19.3 Å². The van der Waals surface area contributed by atoms with Crippen LogP contribution in [0.1, 0.15) is 16.3 Å². The van der Waals surface area contributed by atoms with Crippen molar-refractivity contribution in [2.24, 2.45) is 0 Å². The number of nitrogens with zero attached hydrogens (tertiary/aromatic N) is 2. The first-order valence-corrected chi connectivity index (χ1v) is 3.77. The fraction of sp³-hybridized carbons (Fsp3) is 0.429. The zero-order chi connectivity index (χ0) is 8.55. The summed E-state index contributed by atoms with van der Waals surface area (Å²) in [6.07, 6.45) is 1.58. The summed E-state index contributed by atoms with van der Waals surface area (Å²) in [5.41, 5.74) is 0.133. The third kappa shape index (κ3) is 1.08. The maximum atomic E-state index is 10.5. The van der Waals surface area contributed by atoms with E-state index in [-0.39, 0.29) is 5.69 Å². The molecule has 64 valence electrons. The summed E-state index contributed by atoms with van der Waals surface area (Å²) in [6, 6.07) is 0. The largest absolute Gasteiger partial charge is 0.476 e. The van der Waals surface area contributed by atoms with Gasteiger partial charge in [0.05, 0.1) is 6.54 Å². The van der Waals surface area contributed by atoms with E-state index >= 15 is 0 Å². The minimum atomic E-state index is -0.961. The molecule has 0 fully saturated rings. The van der Waals surface area contributed by atoms with E-state index in [0.29, 0.717) is 6.54 Å². The van der Waals surface area contributed by atoms with Crippen LogP contribution < -0.4 is 5.32 Å². The van der Waals surface area contributed by atoms with Crippen LogP contribution in [0.5, 0.6) is 0 Å². The number of imidazole rings is 1. The zero-order valence-corrected chi connectivity index (χ0v) is 6.45. The molecule has 2 rings (SSSR count). The van der Waals surface area contributed by atoms with E-state index in [4.69, 9.17) is 5.11 Å². The normalized spacial score (nSPS) is 15.7. The standard InChI is InChI=1S/C7H9N3O2/c11-7(12)5-4-10-2-1-8-3-6(10)9-5/h4,8H,1-3H2,(H,11,12). The van der Waals surface area contributed by atoms with Crippen molar-refractivity contribution >= 4 is 5.97 Å². The molecule has 0 amide bonds. The molecular formula is C7H9N3O2. The molecule has 1 aromatic rings. The molecule has 0 aliphatic carbocycles. The first-order chi connectivity index (χ1) is 5.77. The predicted molar refractivity (Wildman–Crippen MR) is 40.9 cm³/mol. The van der Waals surface area contributed by atoms with E-state index in [0.717, 1.165) is 18.9 Å². The minimum absolute atomic E-state index is 0.133. The number of carbonyl (C=O) groups is 1. The fourth-order valence-corrected chi connectivity index (χ4v) is 1.29. The summed E-state index contributed by atoms with van der Waals surface area (Å²) in [5, 5.41) is 11.8. The number of carboxylic acid groups (broad SMARTS) is 1. The van der Waals surface area contributed by atoms with Gasteiger partial charge < -0.3 is 15.0 Å². The molecule has 2 N–H and O–H groups in total. The lowest BCUT2D eigenvalue weighted by atomic mass is 10.4. The molecule has 0 saturated heterocycles. The Kier molecular flexibility index (Phi) is 1.58. The Balaban J connectivity index is 2.38. The molecule has 1 aromatic heterocycles. The molecule has 0 aromatic carbocycles. The maximum absolute atomic E-state index is 10.5. The van der Waals surface area contributed by atoms with Gasteiger partial charge in [-0.2, -0.15) is 0 Å². The molecule has 5 heteroatoms. The molecule has 0 atom stereocenters. The zero-order valence-electron chi connectivity index (χ0n) is 6.45. The van der Waals surface area contributed by atoms with Crippen LogP contribution >= 0.6 is 0 Å². The molecular weight excluding hydrogens is 158 g/mol. The lowest BCUT2D eigenvalue weighted by Gasteiger charge is -2.13. The Morgan fingerprint density at radius 1 is 1.75 bits per heavy atom. The van der Waals surface area contributed by atoms with Crippen molar-refractivity contribution < 1.29 is 9.90 Å². The summed E-state index contributed by atoms with van der Waals surface area (Å²) in [6.45, 7) is 2.34. The quantitative estimate of drug-likeness (QED) is 0.601. The number of aromatic nitrogens is 2. The molecule has 1 aliphatic heterocycles. The van der Waals surface area contributed by atoms with Crippen LogP contribution in [0.2, 0.25) is 0 Å². The van der Waals surface area contributed by atoms with Crippen molar-refractivity contribution in [3.05, 3.63) is 17.7 Å². The number of carboxylic acids is 1. The molecule has 5 nitrogen and oxygen atoms in total. The SMILES string of the molecule is O=C(O)c1cn2c(n1)CNCC2. The van der Waals surface area contributed by atoms with Gasteiger partial charge >= 0.3 is 5.97 Å². The van der Waals surface area contributed by atoms with Gasteiger partial charge in [0.2, 0.25) is 0 Å². The van der Waals surface area contributed by atoms with Gasteiger partial charge in [0.1, 0.15) is 5.82 Å². The second kappa shape index (κ2) is 2.60. The minimum Gasteiger partial charge on any atom is -0.476 e. The Morgan fingerprint density at radius 3 is 3.25 bits per heavy atom. The van der Waals surface area contributed by atoms with Crippen LogP contribution in [0.25, 0.3) is 0 Å². The van der Waals surface area contributed by atoms with Gasteiger partial charge in [-0.15, -0.1) is 0 Å². The second-order valence-electron chi connectivity index (χ2n) is 2.72. The smallest absolute Gasteiger partial charge is 0.356 e. The van der Waals surface area contributed by atoms with Crippen molar-refractivity contribution in [1.29, 1.82) is 0 Å². The van der Waals surface area contributed by atoms with Crippen LogP contribution in [-0.4, -0.2) is 27.2 Å². The summed E-state index contributed by atoms with van der Waals surface area (Å²) in [7, 11) is 0.